The van der Waals surface area contributed by atoms with Crippen LogP contribution in [0.2, 0.25) is 0 Å². The summed E-state index contributed by atoms with van der Waals surface area (Å²) in [5.41, 5.74) is 28.1. The molecule has 0 radical (unpaired) electrons. The number of rotatable bonds is 0. The summed E-state index contributed by atoms with van der Waals surface area (Å²) >= 11 is 0. The lowest BCUT2D eigenvalue weighted by Crippen LogP contribution is -1.84. The van der Waals surface area contributed by atoms with Crippen molar-refractivity contribution in [2.45, 2.75) is 0 Å². The van der Waals surface area contributed by atoms with E-state index in [4.69, 9.17) is 0 Å². The highest BCUT2D eigenvalue weighted by Gasteiger charge is 2.09. The lowest BCUT2D eigenvalue weighted by molar-refractivity contribution is 1.55. The second kappa shape index (κ2) is 20.3. The Bertz CT molecular complexity index is 3830. The van der Waals surface area contributed by atoms with Crippen LogP contribution in [-0.2, 0) is 0 Å². The zero-order valence-corrected chi connectivity index (χ0v) is 41.7. The molecule has 0 aromatic heterocycles. The summed E-state index contributed by atoms with van der Waals surface area (Å²) in [5, 5.41) is 0. The minimum atomic E-state index is 0.935. The van der Waals surface area contributed by atoms with Crippen LogP contribution >= 0.6 is 0 Å². The molecule has 0 spiro atoms. The Kier molecular flexibility index (Phi) is 12.2. The third-order valence-electron chi connectivity index (χ3n) is 14.8. The SMILES string of the molecule is C1#Cc2ccc(cc2)-c2ccc(cc2)-c2ccc(cc2)-c2ccc(cc2)-c2ccc(cc2)-c2ccc(cc2)-c2ccc(cc2)-c2ccc(cc2)-c2ccc(cc2)-c2ccc(cc2)-c2ccc(cc2)-c2ccc(cc2)C#C1. The van der Waals surface area contributed by atoms with E-state index in [1.165, 1.54) is 111 Å². The van der Waals surface area contributed by atoms with Gasteiger partial charge in [0.2, 0.25) is 0 Å². The molecule has 0 heteroatoms. The van der Waals surface area contributed by atoms with Crippen LogP contribution in [0.15, 0.2) is 291 Å². The molecule has 0 N–H and O–H groups in total. The lowest BCUT2D eigenvalue weighted by Gasteiger charge is -2.10. The van der Waals surface area contributed by atoms with E-state index in [1.807, 2.05) is 0 Å². The van der Waals surface area contributed by atoms with Gasteiger partial charge in [-0.15, -0.1) is 0 Å². The lowest BCUT2D eigenvalue weighted by atomic mass is 9.95. The summed E-state index contributed by atoms with van der Waals surface area (Å²) in [6.45, 7) is 0. The van der Waals surface area contributed by atoms with E-state index in [0.717, 1.165) is 22.3 Å². The fourth-order valence-electron chi connectivity index (χ4n) is 10.3. The van der Waals surface area contributed by atoms with E-state index in [-0.39, 0.29) is 0 Å². The van der Waals surface area contributed by atoms with Crippen molar-refractivity contribution in [3.8, 4) is 146 Å². The maximum atomic E-state index is 3.22. The molecule has 12 aromatic rings. The Labute approximate surface area is 446 Å². The second-order valence-electron chi connectivity index (χ2n) is 19.4. The number of hydrogen-bond donors (Lipinski definition) is 0. The van der Waals surface area contributed by atoms with Gasteiger partial charge in [-0.05, 0) is 159 Å². The Morgan fingerprint density at radius 1 is 0.105 bits per heavy atom. The van der Waals surface area contributed by atoms with Crippen LogP contribution in [0.5, 0.6) is 0 Å². The van der Waals surface area contributed by atoms with E-state index in [0.29, 0.717) is 0 Å². The van der Waals surface area contributed by atoms with Gasteiger partial charge in [0.05, 0.1) is 0 Å². The smallest absolute Gasteiger partial charge is 0.0255 e. The molecule has 0 fully saturated rings. The zero-order chi connectivity index (χ0) is 50.6. The van der Waals surface area contributed by atoms with Gasteiger partial charge in [-0.2, -0.15) is 0 Å². The molecule has 352 valence electrons. The molecular formula is C76H48. The van der Waals surface area contributed by atoms with Crippen molar-refractivity contribution in [1.82, 2.24) is 0 Å². The van der Waals surface area contributed by atoms with Crippen LogP contribution in [0.25, 0.3) is 122 Å². The predicted octanol–water partition coefficient (Wildman–Crippen LogP) is 19.7. The van der Waals surface area contributed by atoms with Crippen LogP contribution < -0.4 is 0 Å². The molecule has 24 bridgehead atoms. The summed E-state index contributed by atoms with van der Waals surface area (Å²) < 4.78 is 0. The monoisotopic (exact) mass is 960 g/mol. The van der Waals surface area contributed by atoms with Gasteiger partial charge in [0.25, 0.3) is 0 Å². The van der Waals surface area contributed by atoms with Gasteiger partial charge in [-0.1, -0.05) is 279 Å². The third-order valence-corrected chi connectivity index (χ3v) is 14.8. The Balaban J connectivity index is 0.752. The van der Waals surface area contributed by atoms with Crippen molar-refractivity contribution in [3.05, 3.63) is 302 Å². The van der Waals surface area contributed by atoms with Crippen LogP contribution in [0, 0.1) is 23.7 Å². The number of benzene rings is 12. The van der Waals surface area contributed by atoms with E-state index in [1.54, 1.807) is 0 Å². The van der Waals surface area contributed by atoms with Gasteiger partial charge >= 0.3 is 0 Å². The molecule has 0 atom stereocenters. The van der Waals surface area contributed by atoms with Crippen LogP contribution in [0.1, 0.15) is 11.1 Å². The maximum Gasteiger partial charge on any atom is 0.0255 e. The summed E-state index contributed by atoms with van der Waals surface area (Å²) in [7, 11) is 0. The first-order valence-electron chi connectivity index (χ1n) is 25.9. The molecular weight excluding hydrogens is 913 g/mol. The minimum Gasteiger partial charge on any atom is -0.0538 e. The maximum absolute atomic E-state index is 3.22. The first kappa shape index (κ1) is 45.6. The molecule has 12 aromatic carbocycles. The van der Waals surface area contributed by atoms with Crippen molar-refractivity contribution < 1.29 is 0 Å². The normalized spacial score (nSPS) is 11.2. The summed E-state index contributed by atoms with van der Waals surface area (Å²) in [6.07, 6.45) is 0. The van der Waals surface area contributed by atoms with E-state index in [2.05, 4.69) is 315 Å². The zero-order valence-electron chi connectivity index (χ0n) is 41.7. The number of hydrogen-bond acceptors (Lipinski definition) is 0. The fourth-order valence-corrected chi connectivity index (χ4v) is 10.3. The molecule has 0 unspecified atom stereocenters. The first-order valence-corrected chi connectivity index (χ1v) is 25.9. The molecule has 36 rings (SSSR count). The second-order valence-corrected chi connectivity index (χ2v) is 19.4. The highest BCUT2D eigenvalue weighted by Crippen LogP contribution is 2.34. The molecule has 0 aliphatic heterocycles. The highest BCUT2D eigenvalue weighted by molar-refractivity contribution is 5.80. The Hall–Kier alpha value is -10.2. The average molecular weight is 961 g/mol. The van der Waals surface area contributed by atoms with Crippen LogP contribution in [0.3, 0.4) is 0 Å². The Morgan fingerprint density at radius 3 is 0.276 bits per heavy atom. The molecule has 76 heavy (non-hydrogen) atoms. The highest BCUT2D eigenvalue weighted by atomic mass is 14.1. The standard InChI is InChI=1S/C76H48/c1-2-4-54-7-11-56(12-8-54)58-15-19-60(20-16-58)62-23-27-64(28-24-62)66-31-35-68(36-32-66)70-39-43-72(44-40-70)74-47-51-76(52-48-74)75-49-45-73(46-50-75)71-41-37-69(38-42-71)67-33-29-65(30-34-67)63-25-21-61(22-26-63)59-17-13-57(14-18-59)55-9-5-53(3-1)6-10-55/h5-52H. The summed E-state index contributed by atoms with van der Waals surface area (Å²) in [6, 6.07) is 105. The van der Waals surface area contributed by atoms with Gasteiger partial charge in [-0.3, -0.25) is 0 Å². The van der Waals surface area contributed by atoms with Crippen molar-refractivity contribution in [3.63, 3.8) is 0 Å². The predicted molar refractivity (Wildman–Crippen MR) is 320 cm³/mol. The molecule has 0 saturated heterocycles. The summed E-state index contributed by atoms with van der Waals surface area (Å²) in [4.78, 5) is 0. The van der Waals surface area contributed by atoms with Crippen molar-refractivity contribution in [2.75, 3.05) is 0 Å². The van der Waals surface area contributed by atoms with Gasteiger partial charge in [0.1, 0.15) is 0 Å². The van der Waals surface area contributed by atoms with Crippen molar-refractivity contribution >= 4 is 0 Å². The van der Waals surface area contributed by atoms with Gasteiger partial charge in [0, 0.05) is 11.1 Å². The average Bonchev–Trinajstić information content (AvgIpc) is 3.51. The summed E-state index contributed by atoms with van der Waals surface area (Å²) in [5.74, 6) is 12.5. The topological polar surface area (TPSA) is 0 Å². The van der Waals surface area contributed by atoms with Gasteiger partial charge in [-0.25, -0.2) is 0 Å². The molecule has 0 amide bonds. The molecule has 24 aliphatic rings. The van der Waals surface area contributed by atoms with Gasteiger partial charge in [0.15, 0.2) is 0 Å². The molecule has 0 saturated carbocycles. The van der Waals surface area contributed by atoms with E-state index < -0.39 is 0 Å². The van der Waals surface area contributed by atoms with Crippen molar-refractivity contribution in [1.29, 1.82) is 0 Å². The van der Waals surface area contributed by atoms with Crippen molar-refractivity contribution in [2.24, 2.45) is 0 Å². The molecule has 0 heterocycles. The molecule has 24 aliphatic carbocycles. The third kappa shape index (κ3) is 9.72. The van der Waals surface area contributed by atoms with E-state index >= 15 is 0 Å². The van der Waals surface area contributed by atoms with Crippen LogP contribution in [-0.4, -0.2) is 0 Å². The first-order chi connectivity index (χ1) is 37.6. The van der Waals surface area contributed by atoms with E-state index in [9.17, 15) is 0 Å². The van der Waals surface area contributed by atoms with Gasteiger partial charge < -0.3 is 0 Å². The van der Waals surface area contributed by atoms with Crippen LogP contribution in [0.4, 0.5) is 0 Å². The minimum absolute atomic E-state index is 0.935. The fraction of sp³-hybridized carbons (Fsp3) is 0. The Morgan fingerprint density at radius 2 is 0.184 bits per heavy atom. The largest absolute Gasteiger partial charge is 0.0538 e. The quantitative estimate of drug-likeness (QED) is 0.133. The molecule has 0 nitrogen and oxygen atoms in total.